The number of nitrogens with zero attached hydrogens (tertiary/aromatic N) is 2. The first-order valence-corrected chi connectivity index (χ1v) is 5.24. The molecule has 0 spiro atoms. The molecule has 1 atom stereocenters. The van der Waals surface area contributed by atoms with E-state index in [1.807, 2.05) is 31.3 Å². The quantitative estimate of drug-likeness (QED) is 0.856. The second kappa shape index (κ2) is 3.96. The SMILES string of the molecule is Cc1cc2c(CC(C)C(=O)O)cccn2n1. The van der Waals surface area contributed by atoms with Crippen LogP contribution in [0, 0.1) is 12.8 Å². The highest BCUT2D eigenvalue weighted by Crippen LogP contribution is 2.16. The molecule has 2 aromatic heterocycles. The van der Waals surface area contributed by atoms with Gasteiger partial charge in [0.1, 0.15) is 0 Å². The fourth-order valence-electron chi connectivity index (χ4n) is 1.79. The predicted molar refractivity (Wildman–Crippen MR) is 60.4 cm³/mol. The lowest BCUT2D eigenvalue weighted by Crippen LogP contribution is -2.12. The third-order valence-corrected chi connectivity index (χ3v) is 2.66. The van der Waals surface area contributed by atoms with Crippen LogP contribution < -0.4 is 0 Å². The van der Waals surface area contributed by atoms with E-state index in [4.69, 9.17) is 5.11 Å². The number of carboxylic acid groups (broad SMARTS) is 1. The maximum absolute atomic E-state index is 10.8. The maximum Gasteiger partial charge on any atom is 0.306 e. The molecule has 4 heteroatoms. The van der Waals surface area contributed by atoms with Crippen molar-refractivity contribution in [3.63, 3.8) is 0 Å². The smallest absolute Gasteiger partial charge is 0.306 e. The van der Waals surface area contributed by atoms with Crippen molar-refractivity contribution in [3.05, 3.63) is 35.7 Å². The number of carboxylic acids is 1. The fourth-order valence-corrected chi connectivity index (χ4v) is 1.79. The number of aliphatic carboxylic acids is 1. The Morgan fingerprint density at radius 2 is 2.38 bits per heavy atom. The summed E-state index contributed by atoms with van der Waals surface area (Å²) in [6, 6.07) is 5.82. The van der Waals surface area contributed by atoms with Gasteiger partial charge in [-0.05, 0) is 31.0 Å². The predicted octanol–water partition coefficient (Wildman–Crippen LogP) is 1.91. The zero-order chi connectivity index (χ0) is 11.7. The first-order chi connectivity index (χ1) is 7.58. The van der Waals surface area contributed by atoms with Crippen molar-refractivity contribution < 1.29 is 9.90 Å². The Morgan fingerprint density at radius 1 is 1.62 bits per heavy atom. The van der Waals surface area contributed by atoms with Crippen LogP contribution in [0.4, 0.5) is 0 Å². The number of pyridine rings is 1. The molecule has 0 fully saturated rings. The second-order valence-corrected chi connectivity index (χ2v) is 4.09. The molecule has 0 saturated carbocycles. The molecule has 1 unspecified atom stereocenters. The highest BCUT2D eigenvalue weighted by molar-refractivity contribution is 5.70. The number of carbonyl (C=O) groups is 1. The summed E-state index contributed by atoms with van der Waals surface area (Å²) in [7, 11) is 0. The lowest BCUT2D eigenvalue weighted by atomic mass is 10.0. The molecule has 84 valence electrons. The van der Waals surface area contributed by atoms with Crippen molar-refractivity contribution in [1.82, 2.24) is 9.61 Å². The molecule has 0 aliphatic heterocycles. The Morgan fingerprint density at radius 3 is 3.06 bits per heavy atom. The van der Waals surface area contributed by atoms with Crippen molar-refractivity contribution in [2.75, 3.05) is 0 Å². The Hall–Kier alpha value is -1.84. The van der Waals surface area contributed by atoms with Crippen LogP contribution >= 0.6 is 0 Å². The first-order valence-electron chi connectivity index (χ1n) is 5.24. The van der Waals surface area contributed by atoms with Crippen molar-refractivity contribution in [1.29, 1.82) is 0 Å². The van der Waals surface area contributed by atoms with Gasteiger partial charge >= 0.3 is 5.97 Å². The number of aryl methyl sites for hydroxylation is 1. The van der Waals surface area contributed by atoms with E-state index in [0.717, 1.165) is 16.8 Å². The average molecular weight is 218 g/mol. The Bertz CT molecular complexity index is 531. The van der Waals surface area contributed by atoms with Crippen molar-refractivity contribution >= 4 is 11.5 Å². The van der Waals surface area contributed by atoms with Crippen molar-refractivity contribution in [3.8, 4) is 0 Å². The zero-order valence-corrected chi connectivity index (χ0v) is 9.34. The van der Waals surface area contributed by atoms with Crippen LogP contribution in [0.1, 0.15) is 18.2 Å². The van der Waals surface area contributed by atoms with E-state index in [1.165, 1.54) is 0 Å². The molecule has 2 aromatic rings. The van der Waals surface area contributed by atoms with Gasteiger partial charge in [0, 0.05) is 6.20 Å². The molecular formula is C12H14N2O2. The van der Waals surface area contributed by atoms with Gasteiger partial charge in [-0.25, -0.2) is 4.52 Å². The largest absolute Gasteiger partial charge is 0.481 e. The zero-order valence-electron chi connectivity index (χ0n) is 9.34. The van der Waals surface area contributed by atoms with Crippen LogP contribution in [0.5, 0.6) is 0 Å². The van der Waals surface area contributed by atoms with Gasteiger partial charge in [-0.3, -0.25) is 4.79 Å². The summed E-state index contributed by atoms with van der Waals surface area (Å²) >= 11 is 0. The standard InChI is InChI=1S/C12H14N2O2/c1-8(12(15)16)6-10-4-3-5-14-11(10)7-9(2)13-14/h3-5,7-8H,6H2,1-2H3,(H,15,16). The summed E-state index contributed by atoms with van der Waals surface area (Å²) in [5, 5.41) is 13.2. The highest BCUT2D eigenvalue weighted by atomic mass is 16.4. The van der Waals surface area contributed by atoms with E-state index in [1.54, 1.807) is 11.4 Å². The summed E-state index contributed by atoms with van der Waals surface area (Å²) in [5.74, 6) is -1.14. The minimum atomic E-state index is -0.766. The molecule has 0 saturated heterocycles. The van der Waals surface area contributed by atoms with Crippen LogP contribution in [0.25, 0.3) is 5.52 Å². The van der Waals surface area contributed by atoms with Crippen LogP contribution in [-0.2, 0) is 11.2 Å². The number of aromatic nitrogens is 2. The molecule has 2 heterocycles. The van der Waals surface area contributed by atoms with Gasteiger partial charge in [0.15, 0.2) is 0 Å². The number of rotatable bonds is 3. The molecule has 0 aliphatic rings. The molecule has 0 bridgehead atoms. The van der Waals surface area contributed by atoms with Crippen LogP contribution in [0.3, 0.4) is 0 Å². The van der Waals surface area contributed by atoms with Gasteiger partial charge in [0.2, 0.25) is 0 Å². The lowest BCUT2D eigenvalue weighted by molar-refractivity contribution is -0.141. The average Bonchev–Trinajstić information content (AvgIpc) is 2.59. The molecule has 0 aromatic carbocycles. The molecular weight excluding hydrogens is 204 g/mol. The molecule has 4 nitrogen and oxygen atoms in total. The summed E-state index contributed by atoms with van der Waals surface area (Å²) in [6.07, 6.45) is 2.40. The minimum Gasteiger partial charge on any atom is -0.481 e. The second-order valence-electron chi connectivity index (χ2n) is 4.09. The minimum absolute atomic E-state index is 0.374. The van der Waals surface area contributed by atoms with Gasteiger partial charge in [-0.1, -0.05) is 13.0 Å². The van der Waals surface area contributed by atoms with Crippen LogP contribution in [-0.4, -0.2) is 20.7 Å². The van der Waals surface area contributed by atoms with E-state index < -0.39 is 5.97 Å². The molecule has 0 radical (unpaired) electrons. The molecule has 0 aliphatic carbocycles. The summed E-state index contributed by atoms with van der Waals surface area (Å²) in [6.45, 7) is 3.65. The fraction of sp³-hybridized carbons (Fsp3) is 0.333. The normalized spacial score (nSPS) is 12.9. The topological polar surface area (TPSA) is 54.6 Å². The highest BCUT2D eigenvalue weighted by Gasteiger charge is 2.13. The summed E-state index contributed by atoms with van der Waals surface area (Å²) < 4.78 is 1.79. The van der Waals surface area contributed by atoms with Crippen molar-refractivity contribution in [2.24, 2.45) is 5.92 Å². The summed E-state index contributed by atoms with van der Waals surface area (Å²) in [4.78, 5) is 10.8. The van der Waals surface area contributed by atoms with Gasteiger partial charge in [0.05, 0.1) is 17.1 Å². The number of fused-ring (bicyclic) bond motifs is 1. The maximum atomic E-state index is 10.8. The summed E-state index contributed by atoms with van der Waals surface area (Å²) in [5.41, 5.74) is 2.96. The van der Waals surface area contributed by atoms with Gasteiger partial charge in [-0.2, -0.15) is 5.10 Å². The van der Waals surface area contributed by atoms with Gasteiger partial charge in [-0.15, -0.1) is 0 Å². The van der Waals surface area contributed by atoms with E-state index in [2.05, 4.69) is 5.10 Å². The van der Waals surface area contributed by atoms with Gasteiger partial charge in [0.25, 0.3) is 0 Å². The van der Waals surface area contributed by atoms with E-state index >= 15 is 0 Å². The van der Waals surface area contributed by atoms with Crippen LogP contribution in [0.2, 0.25) is 0 Å². The number of hydrogen-bond acceptors (Lipinski definition) is 2. The molecule has 2 rings (SSSR count). The molecule has 0 amide bonds. The molecule has 1 N–H and O–H groups in total. The Labute approximate surface area is 93.5 Å². The van der Waals surface area contributed by atoms with E-state index in [-0.39, 0.29) is 5.92 Å². The monoisotopic (exact) mass is 218 g/mol. The first kappa shape index (κ1) is 10.7. The van der Waals surface area contributed by atoms with Crippen molar-refractivity contribution in [2.45, 2.75) is 20.3 Å². The third-order valence-electron chi connectivity index (χ3n) is 2.66. The van der Waals surface area contributed by atoms with Gasteiger partial charge < -0.3 is 5.11 Å². The van der Waals surface area contributed by atoms with E-state index in [0.29, 0.717) is 6.42 Å². The van der Waals surface area contributed by atoms with Crippen LogP contribution in [0.15, 0.2) is 24.4 Å². The number of hydrogen-bond donors (Lipinski definition) is 1. The van der Waals surface area contributed by atoms with E-state index in [9.17, 15) is 4.79 Å². The Balaban J connectivity index is 2.40. The third kappa shape index (κ3) is 1.91. The Kier molecular flexibility index (Phi) is 2.64. The lowest BCUT2D eigenvalue weighted by Gasteiger charge is -2.07. The molecule has 16 heavy (non-hydrogen) atoms.